The van der Waals surface area contributed by atoms with Crippen molar-refractivity contribution >= 4 is 22.6 Å². The van der Waals surface area contributed by atoms with Gasteiger partial charge in [-0.3, -0.25) is 9.36 Å². The van der Waals surface area contributed by atoms with E-state index in [-0.39, 0.29) is 5.91 Å². The number of carbonyl (C=O) groups is 1. The van der Waals surface area contributed by atoms with Crippen LogP contribution < -0.4 is 5.32 Å². The molecule has 27 heavy (non-hydrogen) atoms. The van der Waals surface area contributed by atoms with Crippen molar-refractivity contribution < 1.29 is 4.79 Å². The van der Waals surface area contributed by atoms with Crippen molar-refractivity contribution in [1.29, 1.82) is 0 Å². The number of anilines is 1. The van der Waals surface area contributed by atoms with Gasteiger partial charge in [0.05, 0.1) is 11.0 Å². The second-order valence-electron chi connectivity index (χ2n) is 6.61. The van der Waals surface area contributed by atoms with Crippen molar-refractivity contribution in [3.8, 4) is 5.69 Å². The highest BCUT2D eigenvalue weighted by Crippen LogP contribution is 2.22. The van der Waals surface area contributed by atoms with E-state index in [2.05, 4.69) is 28.1 Å². The van der Waals surface area contributed by atoms with E-state index in [0.717, 1.165) is 33.8 Å². The van der Waals surface area contributed by atoms with Crippen LogP contribution in [0.15, 0.2) is 78.9 Å². The third-order valence-electron chi connectivity index (χ3n) is 4.52. The monoisotopic (exact) mass is 355 g/mol. The second-order valence-corrected chi connectivity index (χ2v) is 6.61. The molecule has 0 aliphatic heterocycles. The molecule has 0 bridgehead atoms. The number of imidazole rings is 1. The van der Waals surface area contributed by atoms with Crippen LogP contribution in [0.4, 0.5) is 5.69 Å². The third-order valence-corrected chi connectivity index (χ3v) is 4.52. The second kappa shape index (κ2) is 7.46. The summed E-state index contributed by atoms with van der Waals surface area (Å²) in [5.41, 5.74) is 5.00. The Labute approximate surface area is 158 Å². The Kier molecular flexibility index (Phi) is 4.71. The summed E-state index contributed by atoms with van der Waals surface area (Å²) in [5.74, 6) is 0.883. The predicted octanol–water partition coefficient (Wildman–Crippen LogP) is 4.91. The van der Waals surface area contributed by atoms with Gasteiger partial charge >= 0.3 is 0 Å². The molecule has 4 nitrogen and oxygen atoms in total. The lowest BCUT2D eigenvalue weighted by molar-refractivity contribution is -0.116. The quantitative estimate of drug-likeness (QED) is 0.553. The molecule has 1 heterocycles. The van der Waals surface area contributed by atoms with E-state index < -0.39 is 0 Å². The van der Waals surface area contributed by atoms with Crippen molar-refractivity contribution in [2.45, 2.75) is 19.8 Å². The van der Waals surface area contributed by atoms with E-state index in [4.69, 9.17) is 4.98 Å². The summed E-state index contributed by atoms with van der Waals surface area (Å²) < 4.78 is 2.13. The summed E-state index contributed by atoms with van der Waals surface area (Å²) in [5, 5.41) is 2.97. The highest BCUT2D eigenvalue weighted by Gasteiger charge is 2.13. The predicted molar refractivity (Wildman–Crippen MR) is 109 cm³/mol. The summed E-state index contributed by atoms with van der Waals surface area (Å²) in [6.45, 7) is 2.01. The van der Waals surface area contributed by atoms with Crippen LogP contribution in [0.3, 0.4) is 0 Å². The smallest absolute Gasteiger partial charge is 0.224 e. The molecule has 0 spiro atoms. The maximum atomic E-state index is 12.4. The molecular formula is C23H21N3O. The van der Waals surface area contributed by atoms with Crippen molar-refractivity contribution in [3.05, 3.63) is 90.3 Å². The van der Waals surface area contributed by atoms with Gasteiger partial charge in [0.25, 0.3) is 0 Å². The summed E-state index contributed by atoms with van der Waals surface area (Å²) in [7, 11) is 0. The van der Waals surface area contributed by atoms with E-state index in [0.29, 0.717) is 12.8 Å². The standard InChI is InChI=1S/C23H21N3O/c1-17-8-7-9-18(16-17)24-23(27)15-14-22-25-20-12-5-6-13-21(20)26(22)19-10-3-2-4-11-19/h2-13,16H,14-15H2,1H3,(H,24,27). The molecule has 0 saturated heterocycles. The fourth-order valence-electron chi connectivity index (χ4n) is 3.28. The number of nitrogens with zero attached hydrogens (tertiary/aromatic N) is 2. The molecule has 0 fully saturated rings. The van der Waals surface area contributed by atoms with Gasteiger partial charge in [-0.25, -0.2) is 4.98 Å². The average molecular weight is 355 g/mol. The number of fused-ring (bicyclic) bond motifs is 1. The lowest BCUT2D eigenvalue weighted by atomic mass is 10.2. The van der Waals surface area contributed by atoms with Crippen molar-refractivity contribution in [2.75, 3.05) is 5.32 Å². The minimum absolute atomic E-state index is 0.00716. The van der Waals surface area contributed by atoms with Gasteiger partial charge in [0.15, 0.2) is 0 Å². The Morgan fingerprint density at radius 1 is 0.963 bits per heavy atom. The first-order valence-electron chi connectivity index (χ1n) is 9.09. The number of nitrogens with one attached hydrogen (secondary N) is 1. The average Bonchev–Trinajstić information content (AvgIpc) is 3.05. The number of hydrogen-bond acceptors (Lipinski definition) is 2. The molecule has 0 saturated carbocycles. The molecule has 3 aromatic carbocycles. The molecular weight excluding hydrogens is 334 g/mol. The van der Waals surface area contributed by atoms with Crippen LogP contribution in [0.25, 0.3) is 16.7 Å². The Hall–Kier alpha value is -3.40. The maximum absolute atomic E-state index is 12.4. The van der Waals surface area contributed by atoms with Crippen LogP contribution in [-0.4, -0.2) is 15.5 Å². The van der Waals surface area contributed by atoms with E-state index in [9.17, 15) is 4.79 Å². The SMILES string of the molecule is Cc1cccc(NC(=O)CCc2nc3ccccc3n2-c2ccccc2)c1. The molecule has 1 N–H and O–H groups in total. The molecule has 1 aromatic heterocycles. The molecule has 4 heteroatoms. The largest absolute Gasteiger partial charge is 0.326 e. The highest BCUT2D eigenvalue weighted by atomic mass is 16.1. The number of para-hydroxylation sites is 3. The number of benzene rings is 3. The lowest BCUT2D eigenvalue weighted by Gasteiger charge is -2.10. The van der Waals surface area contributed by atoms with Gasteiger partial charge < -0.3 is 5.32 Å². The number of carbonyl (C=O) groups excluding carboxylic acids is 1. The Morgan fingerprint density at radius 3 is 2.56 bits per heavy atom. The van der Waals surface area contributed by atoms with Crippen LogP contribution in [0.1, 0.15) is 17.8 Å². The summed E-state index contributed by atoms with van der Waals surface area (Å²) >= 11 is 0. The van der Waals surface area contributed by atoms with Crippen LogP contribution in [0, 0.1) is 6.92 Å². The number of hydrogen-bond donors (Lipinski definition) is 1. The first-order chi connectivity index (χ1) is 13.2. The maximum Gasteiger partial charge on any atom is 0.224 e. The Bertz CT molecular complexity index is 1080. The molecule has 4 aromatic rings. The molecule has 0 aliphatic carbocycles. The van der Waals surface area contributed by atoms with E-state index in [1.807, 2.05) is 67.6 Å². The van der Waals surface area contributed by atoms with Crippen molar-refractivity contribution in [1.82, 2.24) is 9.55 Å². The molecule has 1 amide bonds. The van der Waals surface area contributed by atoms with Crippen LogP contribution in [-0.2, 0) is 11.2 Å². The first-order valence-corrected chi connectivity index (χ1v) is 9.09. The molecule has 0 aliphatic rings. The third kappa shape index (κ3) is 3.75. The molecule has 0 radical (unpaired) electrons. The minimum Gasteiger partial charge on any atom is -0.326 e. The zero-order chi connectivity index (χ0) is 18.6. The first kappa shape index (κ1) is 17.0. The summed E-state index contributed by atoms with van der Waals surface area (Å²) in [6.07, 6.45) is 0.950. The summed E-state index contributed by atoms with van der Waals surface area (Å²) in [6, 6.07) is 26.0. The van der Waals surface area contributed by atoms with Gasteiger partial charge in [0.1, 0.15) is 5.82 Å². The van der Waals surface area contributed by atoms with Crippen molar-refractivity contribution in [3.63, 3.8) is 0 Å². The number of aromatic nitrogens is 2. The lowest BCUT2D eigenvalue weighted by Crippen LogP contribution is -2.14. The van der Waals surface area contributed by atoms with Gasteiger partial charge in [-0.05, 0) is 48.9 Å². The van der Waals surface area contributed by atoms with Gasteiger partial charge in [0, 0.05) is 24.2 Å². The molecule has 4 rings (SSSR count). The van der Waals surface area contributed by atoms with Crippen LogP contribution >= 0.6 is 0 Å². The van der Waals surface area contributed by atoms with Gasteiger partial charge in [-0.15, -0.1) is 0 Å². The fraction of sp³-hybridized carbons (Fsp3) is 0.130. The van der Waals surface area contributed by atoms with E-state index >= 15 is 0 Å². The minimum atomic E-state index is -0.00716. The van der Waals surface area contributed by atoms with Gasteiger partial charge in [-0.2, -0.15) is 0 Å². The molecule has 0 unspecified atom stereocenters. The highest BCUT2D eigenvalue weighted by molar-refractivity contribution is 5.91. The van der Waals surface area contributed by atoms with Crippen LogP contribution in [0.5, 0.6) is 0 Å². The van der Waals surface area contributed by atoms with Gasteiger partial charge in [-0.1, -0.05) is 42.5 Å². The van der Waals surface area contributed by atoms with E-state index in [1.165, 1.54) is 0 Å². The van der Waals surface area contributed by atoms with Crippen LogP contribution in [0.2, 0.25) is 0 Å². The summed E-state index contributed by atoms with van der Waals surface area (Å²) in [4.78, 5) is 17.2. The number of rotatable bonds is 5. The zero-order valence-electron chi connectivity index (χ0n) is 15.2. The topological polar surface area (TPSA) is 46.9 Å². The Morgan fingerprint density at radius 2 is 1.74 bits per heavy atom. The van der Waals surface area contributed by atoms with Gasteiger partial charge in [0.2, 0.25) is 5.91 Å². The molecule has 0 atom stereocenters. The fourth-order valence-corrected chi connectivity index (χ4v) is 3.28. The number of amides is 1. The van der Waals surface area contributed by atoms with E-state index in [1.54, 1.807) is 0 Å². The van der Waals surface area contributed by atoms with Crippen molar-refractivity contribution in [2.24, 2.45) is 0 Å². The Balaban J connectivity index is 1.58. The normalized spacial score (nSPS) is 10.9. The zero-order valence-corrected chi connectivity index (χ0v) is 15.2. The number of aryl methyl sites for hydroxylation is 2. The molecule has 134 valence electrons.